The van der Waals surface area contributed by atoms with Gasteiger partial charge in [-0.1, -0.05) is 12.2 Å². The van der Waals surface area contributed by atoms with Gasteiger partial charge >= 0.3 is 5.97 Å². The van der Waals surface area contributed by atoms with Gasteiger partial charge in [-0.3, -0.25) is 4.79 Å². The minimum Gasteiger partial charge on any atom is -0.469 e. The Balaban J connectivity index is 2.18. The van der Waals surface area contributed by atoms with Crippen molar-refractivity contribution in [3.63, 3.8) is 0 Å². The summed E-state index contributed by atoms with van der Waals surface area (Å²) in [6.45, 7) is 0. The third-order valence-corrected chi connectivity index (χ3v) is 2.99. The summed E-state index contributed by atoms with van der Waals surface area (Å²) in [4.78, 5) is 11.3. The predicted octanol–water partition coefficient (Wildman–Crippen LogP) is 0.309. The molecule has 4 atom stereocenters. The number of hydrogen-bond acceptors (Lipinski definition) is 3. The number of fused-ring (bicyclic) bond motifs is 2. The average Bonchev–Trinajstić information content (AvgIpc) is 2.63. The van der Waals surface area contributed by atoms with Gasteiger partial charge in [-0.15, -0.1) is 0 Å². The summed E-state index contributed by atoms with van der Waals surface area (Å²) in [5.41, 5.74) is 5.89. The van der Waals surface area contributed by atoms with Crippen LogP contribution in [0.1, 0.15) is 6.42 Å². The summed E-state index contributed by atoms with van der Waals surface area (Å²) < 4.78 is 4.70. The van der Waals surface area contributed by atoms with Crippen LogP contribution in [0, 0.1) is 17.8 Å². The molecule has 0 saturated heterocycles. The Kier molecular flexibility index (Phi) is 1.68. The van der Waals surface area contributed by atoms with Crippen LogP contribution in [0.25, 0.3) is 0 Å². The molecular weight excluding hydrogens is 154 g/mol. The molecule has 0 radical (unpaired) electrons. The highest BCUT2D eigenvalue weighted by molar-refractivity contribution is 5.75. The first-order chi connectivity index (χ1) is 5.74. The molecule has 1 saturated carbocycles. The van der Waals surface area contributed by atoms with E-state index in [0.717, 1.165) is 6.42 Å². The van der Waals surface area contributed by atoms with E-state index in [1.54, 1.807) is 0 Å². The van der Waals surface area contributed by atoms with Crippen LogP contribution < -0.4 is 5.73 Å². The molecule has 2 aliphatic carbocycles. The molecule has 12 heavy (non-hydrogen) atoms. The lowest BCUT2D eigenvalue weighted by molar-refractivity contribution is -0.146. The molecule has 66 valence electrons. The highest BCUT2D eigenvalue weighted by Gasteiger charge is 2.46. The Labute approximate surface area is 71.6 Å². The van der Waals surface area contributed by atoms with E-state index in [2.05, 4.69) is 12.2 Å². The number of ether oxygens (including phenoxy) is 1. The number of hydrogen-bond donors (Lipinski definition) is 1. The molecule has 2 bridgehead atoms. The van der Waals surface area contributed by atoms with Gasteiger partial charge in [-0.05, 0) is 18.3 Å². The molecule has 0 unspecified atom stereocenters. The fourth-order valence-electron chi connectivity index (χ4n) is 2.33. The van der Waals surface area contributed by atoms with Gasteiger partial charge in [0.15, 0.2) is 0 Å². The molecular formula is C9H13NO2. The number of esters is 1. The normalized spacial score (nSPS) is 43.5. The van der Waals surface area contributed by atoms with Crippen molar-refractivity contribution >= 4 is 5.97 Å². The molecule has 3 heteroatoms. The van der Waals surface area contributed by atoms with E-state index in [1.807, 2.05) is 0 Å². The molecule has 0 aromatic carbocycles. The molecule has 2 aliphatic rings. The van der Waals surface area contributed by atoms with E-state index < -0.39 is 0 Å². The number of methoxy groups -OCH3 is 1. The van der Waals surface area contributed by atoms with Crippen LogP contribution >= 0.6 is 0 Å². The van der Waals surface area contributed by atoms with E-state index in [0.29, 0.717) is 11.8 Å². The fraction of sp³-hybridized carbons (Fsp3) is 0.667. The molecule has 0 aromatic rings. The van der Waals surface area contributed by atoms with Gasteiger partial charge in [0, 0.05) is 6.04 Å². The summed E-state index contributed by atoms with van der Waals surface area (Å²) in [6, 6.07) is -0.0209. The first-order valence-electron chi connectivity index (χ1n) is 4.26. The first kappa shape index (κ1) is 7.80. The quantitative estimate of drug-likeness (QED) is 0.451. The summed E-state index contributed by atoms with van der Waals surface area (Å²) in [6.07, 6.45) is 5.24. The van der Waals surface area contributed by atoms with Crippen LogP contribution in [0.4, 0.5) is 0 Å². The zero-order valence-electron chi connectivity index (χ0n) is 7.07. The second-order valence-electron chi connectivity index (χ2n) is 3.57. The summed E-state index contributed by atoms with van der Waals surface area (Å²) >= 11 is 0. The van der Waals surface area contributed by atoms with Gasteiger partial charge in [0.25, 0.3) is 0 Å². The van der Waals surface area contributed by atoms with Crippen molar-refractivity contribution in [2.24, 2.45) is 23.5 Å². The number of carbonyl (C=O) groups is 1. The topological polar surface area (TPSA) is 52.3 Å². The van der Waals surface area contributed by atoms with Crippen LogP contribution in [0.5, 0.6) is 0 Å². The second-order valence-corrected chi connectivity index (χ2v) is 3.57. The van der Waals surface area contributed by atoms with Gasteiger partial charge in [0.2, 0.25) is 0 Å². The zero-order chi connectivity index (χ0) is 8.72. The first-order valence-corrected chi connectivity index (χ1v) is 4.26. The smallest absolute Gasteiger partial charge is 0.310 e. The van der Waals surface area contributed by atoms with E-state index >= 15 is 0 Å². The van der Waals surface area contributed by atoms with Gasteiger partial charge in [0.05, 0.1) is 13.0 Å². The van der Waals surface area contributed by atoms with Gasteiger partial charge < -0.3 is 10.5 Å². The number of allylic oxidation sites excluding steroid dienone is 1. The lowest BCUT2D eigenvalue weighted by Crippen LogP contribution is -2.39. The molecule has 0 aliphatic heterocycles. The number of carbonyl (C=O) groups excluding carboxylic acids is 1. The highest BCUT2D eigenvalue weighted by atomic mass is 16.5. The van der Waals surface area contributed by atoms with Crippen molar-refractivity contribution in [2.45, 2.75) is 12.5 Å². The summed E-state index contributed by atoms with van der Waals surface area (Å²) in [5, 5.41) is 0. The molecule has 0 spiro atoms. The summed E-state index contributed by atoms with van der Waals surface area (Å²) in [7, 11) is 1.42. The van der Waals surface area contributed by atoms with E-state index in [1.165, 1.54) is 7.11 Å². The van der Waals surface area contributed by atoms with Crippen LogP contribution in [-0.4, -0.2) is 19.1 Å². The SMILES string of the molecule is COC(=O)[C@H]1[C@H](N)[C@@H]2C=C[C@@H]1C2. The number of nitrogens with two attached hydrogens (primary N) is 1. The Hall–Kier alpha value is -0.830. The average molecular weight is 167 g/mol. The Morgan fingerprint density at radius 2 is 2.17 bits per heavy atom. The molecule has 1 fully saturated rings. The standard InChI is InChI=1S/C9H13NO2/c1-12-9(11)7-5-2-3-6(4-5)8(7)10/h2-3,5-8H,4,10H2,1H3/t5-,6-,7-,8-/m1/s1. The van der Waals surface area contributed by atoms with Gasteiger partial charge in [-0.25, -0.2) is 0 Å². The zero-order valence-corrected chi connectivity index (χ0v) is 7.07. The Morgan fingerprint density at radius 3 is 2.67 bits per heavy atom. The minimum absolute atomic E-state index is 0.0209. The van der Waals surface area contributed by atoms with Crippen molar-refractivity contribution < 1.29 is 9.53 Å². The van der Waals surface area contributed by atoms with Crippen LogP contribution in [-0.2, 0) is 9.53 Å². The fourth-order valence-corrected chi connectivity index (χ4v) is 2.33. The van der Waals surface area contributed by atoms with Crippen molar-refractivity contribution in [3.8, 4) is 0 Å². The Morgan fingerprint density at radius 1 is 1.50 bits per heavy atom. The third-order valence-electron chi connectivity index (χ3n) is 2.99. The van der Waals surface area contributed by atoms with Crippen molar-refractivity contribution in [3.05, 3.63) is 12.2 Å². The lowest BCUT2D eigenvalue weighted by Gasteiger charge is -2.21. The highest BCUT2D eigenvalue weighted by Crippen LogP contribution is 2.42. The number of rotatable bonds is 1. The molecule has 2 N–H and O–H groups in total. The van der Waals surface area contributed by atoms with Crippen molar-refractivity contribution in [1.82, 2.24) is 0 Å². The van der Waals surface area contributed by atoms with E-state index in [4.69, 9.17) is 10.5 Å². The third kappa shape index (κ3) is 0.894. The summed E-state index contributed by atoms with van der Waals surface area (Å²) in [5.74, 6) is 0.487. The van der Waals surface area contributed by atoms with Gasteiger partial charge in [-0.2, -0.15) is 0 Å². The molecule has 0 aromatic heterocycles. The molecule has 0 amide bonds. The van der Waals surface area contributed by atoms with E-state index in [-0.39, 0.29) is 17.9 Å². The van der Waals surface area contributed by atoms with Gasteiger partial charge in [0.1, 0.15) is 0 Å². The molecule has 0 heterocycles. The van der Waals surface area contributed by atoms with Crippen LogP contribution in [0.15, 0.2) is 12.2 Å². The maximum atomic E-state index is 11.3. The molecule has 2 rings (SSSR count). The van der Waals surface area contributed by atoms with Crippen LogP contribution in [0.3, 0.4) is 0 Å². The Bertz CT molecular complexity index is 237. The lowest BCUT2D eigenvalue weighted by atomic mass is 9.90. The van der Waals surface area contributed by atoms with Crippen molar-refractivity contribution in [2.75, 3.05) is 7.11 Å². The monoisotopic (exact) mass is 167 g/mol. The van der Waals surface area contributed by atoms with Crippen molar-refractivity contribution in [1.29, 1.82) is 0 Å². The van der Waals surface area contributed by atoms with E-state index in [9.17, 15) is 4.79 Å². The maximum Gasteiger partial charge on any atom is 0.310 e. The largest absolute Gasteiger partial charge is 0.469 e. The minimum atomic E-state index is -0.153. The maximum absolute atomic E-state index is 11.3. The molecule has 3 nitrogen and oxygen atoms in total. The predicted molar refractivity (Wildman–Crippen MR) is 44.2 cm³/mol. The van der Waals surface area contributed by atoms with Crippen LogP contribution in [0.2, 0.25) is 0 Å². The second kappa shape index (κ2) is 2.59.